The van der Waals surface area contributed by atoms with E-state index in [1.165, 1.54) is 0 Å². The molecule has 4 heteroatoms. The average Bonchev–Trinajstić information content (AvgIpc) is 2.48. The second-order valence-electron chi connectivity index (χ2n) is 3.92. The van der Waals surface area contributed by atoms with Crippen LogP contribution in [0.2, 0.25) is 0 Å². The van der Waals surface area contributed by atoms with E-state index >= 15 is 0 Å². The molecule has 0 aliphatic carbocycles. The third kappa shape index (κ3) is 2.73. The first-order valence-electron chi connectivity index (χ1n) is 5.45. The van der Waals surface area contributed by atoms with Gasteiger partial charge in [-0.15, -0.1) is 0 Å². The van der Waals surface area contributed by atoms with Gasteiger partial charge in [-0.1, -0.05) is 12.1 Å². The normalized spacial score (nSPS) is 17.2. The summed E-state index contributed by atoms with van der Waals surface area (Å²) in [6.45, 7) is 2.48. The summed E-state index contributed by atoms with van der Waals surface area (Å²) in [5, 5.41) is 0. The van der Waals surface area contributed by atoms with Crippen molar-refractivity contribution in [2.45, 2.75) is 13.0 Å². The molecule has 1 fully saturated rings. The Bertz CT molecular complexity index is 362. The lowest BCUT2D eigenvalue weighted by Gasteiger charge is -2.19. The topological polar surface area (TPSA) is 55.6 Å². The number of carbonyl (C=O) groups is 1. The summed E-state index contributed by atoms with van der Waals surface area (Å²) in [6.07, 6.45) is 0.481. The smallest absolute Gasteiger partial charge is 0.225 e. The van der Waals surface area contributed by atoms with Crippen molar-refractivity contribution >= 4 is 11.6 Å². The molecule has 1 aromatic rings. The van der Waals surface area contributed by atoms with E-state index in [4.69, 9.17) is 10.5 Å². The molecule has 0 aromatic heterocycles. The fourth-order valence-electron chi connectivity index (χ4n) is 1.73. The SMILES string of the molecule is Nc1ccc(CN2CCOCCC2=O)cc1. The average molecular weight is 220 g/mol. The monoisotopic (exact) mass is 220 g/mol. The molecule has 0 atom stereocenters. The maximum Gasteiger partial charge on any atom is 0.225 e. The number of anilines is 1. The molecule has 4 nitrogen and oxygen atoms in total. The van der Waals surface area contributed by atoms with Crippen molar-refractivity contribution in [3.8, 4) is 0 Å². The third-order valence-electron chi connectivity index (χ3n) is 2.67. The molecule has 0 radical (unpaired) electrons. The number of amides is 1. The van der Waals surface area contributed by atoms with E-state index in [1.54, 1.807) is 0 Å². The van der Waals surface area contributed by atoms with Crippen LogP contribution in [0.1, 0.15) is 12.0 Å². The van der Waals surface area contributed by atoms with Crippen molar-refractivity contribution < 1.29 is 9.53 Å². The Labute approximate surface area is 95.0 Å². The molecule has 0 bridgehead atoms. The van der Waals surface area contributed by atoms with Gasteiger partial charge in [0.25, 0.3) is 0 Å². The van der Waals surface area contributed by atoms with E-state index in [0.717, 1.165) is 11.3 Å². The van der Waals surface area contributed by atoms with Crippen LogP contribution >= 0.6 is 0 Å². The zero-order valence-corrected chi connectivity index (χ0v) is 9.19. The summed E-state index contributed by atoms with van der Waals surface area (Å²) in [5.41, 5.74) is 7.46. The van der Waals surface area contributed by atoms with Gasteiger partial charge in [-0.05, 0) is 17.7 Å². The van der Waals surface area contributed by atoms with Gasteiger partial charge in [-0.3, -0.25) is 4.79 Å². The van der Waals surface area contributed by atoms with Crippen molar-refractivity contribution in [3.05, 3.63) is 29.8 Å². The second kappa shape index (κ2) is 4.99. The number of ether oxygens (including phenoxy) is 1. The molecule has 1 heterocycles. The van der Waals surface area contributed by atoms with Crippen LogP contribution < -0.4 is 5.73 Å². The van der Waals surface area contributed by atoms with Crippen LogP contribution in [0.5, 0.6) is 0 Å². The minimum Gasteiger partial charge on any atom is -0.399 e. The van der Waals surface area contributed by atoms with Crippen LogP contribution in [0, 0.1) is 0 Å². The van der Waals surface area contributed by atoms with Crippen LogP contribution in [0.25, 0.3) is 0 Å². The van der Waals surface area contributed by atoms with E-state index in [9.17, 15) is 4.79 Å². The lowest BCUT2D eigenvalue weighted by atomic mass is 10.2. The van der Waals surface area contributed by atoms with E-state index in [0.29, 0.717) is 32.7 Å². The van der Waals surface area contributed by atoms with Gasteiger partial charge in [0.2, 0.25) is 5.91 Å². The fourth-order valence-corrected chi connectivity index (χ4v) is 1.73. The van der Waals surface area contributed by atoms with E-state index in [2.05, 4.69) is 0 Å². The van der Waals surface area contributed by atoms with Gasteiger partial charge in [0.1, 0.15) is 0 Å². The molecule has 16 heavy (non-hydrogen) atoms. The summed E-state index contributed by atoms with van der Waals surface area (Å²) in [4.78, 5) is 13.5. The highest BCUT2D eigenvalue weighted by molar-refractivity contribution is 5.76. The van der Waals surface area contributed by atoms with Gasteiger partial charge in [-0.2, -0.15) is 0 Å². The highest BCUT2D eigenvalue weighted by Crippen LogP contribution is 2.10. The van der Waals surface area contributed by atoms with E-state index < -0.39 is 0 Å². The number of nitrogen functional groups attached to an aromatic ring is 1. The molecule has 1 aliphatic heterocycles. The number of hydrogen-bond donors (Lipinski definition) is 1. The van der Waals surface area contributed by atoms with Crippen molar-refractivity contribution in [2.75, 3.05) is 25.5 Å². The quantitative estimate of drug-likeness (QED) is 0.757. The lowest BCUT2D eigenvalue weighted by molar-refractivity contribution is -0.131. The van der Waals surface area contributed by atoms with Crippen LogP contribution in [0.15, 0.2) is 24.3 Å². The summed E-state index contributed by atoms with van der Waals surface area (Å²) in [7, 11) is 0. The predicted molar refractivity (Wildman–Crippen MR) is 61.7 cm³/mol. The van der Waals surface area contributed by atoms with E-state index in [1.807, 2.05) is 29.2 Å². The highest BCUT2D eigenvalue weighted by atomic mass is 16.5. The largest absolute Gasteiger partial charge is 0.399 e. The van der Waals surface area contributed by atoms with Crippen LogP contribution in [-0.4, -0.2) is 30.6 Å². The summed E-state index contributed by atoms with van der Waals surface area (Å²) < 4.78 is 5.27. The number of hydrogen-bond acceptors (Lipinski definition) is 3. The Morgan fingerprint density at radius 1 is 1.25 bits per heavy atom. The first kappa shape index (κ1) is 11.0. The van der Waals surface area contributed by atoms with Gasteiger partial charge < -0.3 is 15.4 Å². The zero-order chi connectivity index (χ0) is 11.4. The molecule has 1 amide bonds. The summed E-state index contributed by atoms with van der Waals surface area (Å²) >= 11 is 0. The van der Waals surface area contributed by atoms with Gasteiger partial charge >= 0.3 is 0 Å². The molecule has 86 valence electrons. The Morgan fingerprint density at radius 2 is 2.00 bits per heavy atom. The van der Waals surface area contributed by atoms with Crippen molar-refractivity contribution in [1.82, 2.24) is 4.90 Å². The molecule has 2 N–H and O–H groups in total. The fraction of sp³-hybridized carbons (Fsp3) is 0.417. The second-order valence-corrected chi connectivity index (χ2v) is 3.92. The molecule has 1 saturated heterocycles. The van der Waals surface area contributed by atoms with Crippen molar-refractivity contribution in [2.24, 2.45) is 0 Å². The molecule has 2 rings (SSSR count). The number of carbonyl (C=O) groups excluding carboxylic acids is 1. The Kier molecular flexibility index (Phi) is 3.41. The Balaban J connectivity index is 2.02. The third-order valence-corrected chi connectivity index (χ3v) is 2.67. The number of benzene rings is 1. The lowest BCUT2D eigenvalue weighted by Crippen LogP contribution is -2.31. The molecule has 1 aromatic carbocycles. The van der Waals surface area contributed by atoms with Gasteiger partial charge in [0, 0.05) is 18.8 Å². The zero-order valence-electron chi connectivity index (χ0n) is 9.19. The Hall–Kier alpha value is -1.55. The first-order chi connectivity index (χ1) is 7.75. The molecular formula is C12H16N2O2. The summed E-state index contributed by atoms with van der Waals surface area (Å²) in [6, 6.07) is 7.62. The molecule has 0 saturated carbocycles. The number of rotatable bonds is 2. The molecule has 0 spiro atoms. The van der Waals surface area contributed by atoms with Crippen LogP contribution in [-0.2, 0) is 16.1 Å². The molecule has 0 unspecified atom stereocenters. The standard InChI is InChI=1S/C12H16N2O2/c13-11-3-1-10(2-4-11)9-14-6-8-16-7-5-12(14)15/h1-4H,5-9,13H2. The van der Waals surface area contributed by atoms with Crippen molar-refractivity contribution in [3.63, 3.8) is 0 Å². The predicted octanol–water partition coefficient (Wildman–Crippen LogP) is 1.02. The number of nitrogens with two attached hydrogens (primary N) is 1. The van der Waals surface area contributed by atoms with Gasteiger partial charge in [0.15, 0.2) is 0 Å². The Morgan fingerprint density at radius 3 is 2.75 bits per heavy atom. The first-order valence-corrected chi connectivity index (χ1v) is 5.45. The van der Waals surface area contributed by atoms with E-state index in [-0.39, 0.29) is 5.91 Å². The number of nitrogens with zero attached hydrogens (tertiary/aromatic N) is 1. The summed E-state index contributed by atoms with van der Waals surface area (Å²) in [5.74, 6) is 0.161. The maximum absolute atomic E-state index is 11.7. The minimum absolute atomic E-state index is 0.161. The maximum atomic E-state index is 11.7. The molecular weight excluding hydrogens is 204 g/mol. The van der Waals surface area contributed by atoms with Gasteiger partial charge in [0.05, 0.1) is 19.6 Å². The highest BCUT2D eigenvalue weighted by Gasteiger charge is 2.16. The minimum atomic E-state index is 0.161. The van der Waals surface area contributed by atoms with Crippen LogP contribution in [0.3, 0.4) is 0 Å². The van der Waals surface area contributed by atoms with Crippen LogP contribution in [0.4, 0.5) is 5.69 Å². The van der Waals surface area contributed by atoms with Gasteiger partial charge in [-0.25, -0.2) is 0 Å². The van der Waals surface area contributed by atoms with Crippen molar-refractivity contribution in [1.29, 1.82) is 0 Å². The molecule has 1 aliphatic rings.